The van der Waals surface area contributed by atoms with Crippen LogP contribution >= 0.6 is 11.6 Å². The van der Waals surface area contributed by atoms with Crippen LogP contribution in [-0.2, 0) is 10.3 Å². The molecule has 2 unspecified atom stereocenters. The SMILES string of the molecule is NC1=NC(CF)(c2cccc(NC(=O)c3ccc(Cl)cn3)c2)CC(C(F)(F)F)O1. The van der Waals surface area contributed by atoms with Gasteiger partial charge in [0.2, 0.25) is 0 Å². The molecule has 1 aliphatic heterocycles. The highest BCUT2D eigenvalue weighted by Gasteiger charge is 2.51. The number of aliphatic imine (C=N–C) groups is 1. The number of carbonyl (C=O) groups excluding carboxylic acids is 1. The Kier molecular flexibility index (Phi) is 5.65. The maximum atomic E-state index is 14.0. The van der Waals surface area contributed by atoms with Crippen molar-refractivity contribution in [2.24, 2.45) is 10.7 Å². The first-order valence-corrected chi connectivity index (χ1v) is 8.69. The molecular formula is C18H15ClF4N4O2. The molecule has 3 N–H and O–H groups in total. The van der Waals surface area contributed by atoms with E-state index in [0.29, 0.717) is 5.02 Å². The lowest BCUT2D eigenvalue weighted by Crippen LogP contribution is -2.48. The molecule has 11 heteroatoms. The molecule has 0 saturated carbocycles. The summed E-state index contributed by atoms with van der Waals surface area (Å²) in [6.45, 7) is -1.24. The Morgan fingerprint density at radius 1 is 1.34 bits per heavy atom. The molecule has 3 rings (SSSR count). The van der Waals surface area contributed by atoms with Gasteiger partial charge in [0.1, 0.15) is 17.9 Å². The lowest BCUT2D eigenvalue weighted by molar-refractivity contribution is -0.209. The fourth-order valence-corrected chi connectivity index (χ4v) is 3.01. The third-order valence-electron chi connectivity index (χ3n) is 4.31. The second-order valence-corrected chi connectivity index (χ2v) is 6.80. The first-order valence-electron chi connectivity index (χ1n) is 8.31. The predicted molar refractivity (Wildman–Crippen MR) is 98.5 cm³/mol. The number of carbonyl (C=O) groups is 1. The van der Waals surface area contributed by atoms with Crippen LogP contribution < -0.4 is 11.1 Å². The van der Waals surface area contributed by atoms with Crippen LogP contribution in [-0.4, -0.2) is 35.9 Å². The van der Waals surface area contributed by atoms with Crippen molar-refractivity contribution < 1.29 is 27.1 Å². The summed E-state index contributed by atoms with van der Waals surface area (Å²) in [6, 6.07) is 7.83. The van der Waals surface area contributed by atoms with Crippen molar-refractivity contribution in [2.45, 2.75) is 24.2 Å². The molecule has 2 heterocycles. The number of hydrogen-bond donors (Lipinski definition) is 2. The van der Waals surface area contributed by atoms with Gasteiger partial charge >= 0.3 is 6.18 Å². The molecule has 0 saturated heterocycles. The molecule has 0 spiro atoms. The summed E-state index contributed by atoms with van der Waals surface area (Å²) in [4.78, 5) is 20.0. The number of benzene rings is 1. The Hall–Kier alpha value is -2.88. The van der Waals surface area contributed by atoms with Crippen LogP contribution in [0.2, 0.25) is 5.02 Å². The van der Waals surface area contributed by atoms with Gasteiger partial charge in [0.15, 0.2) is 6.10 Å². The topological polar surface area (TPSA) is 89.6 Å². The van der Waals surface area contributed by atoms with Gasteiger partial charge in [-0.15, -0.1) is 0 Å². The zero-order chi connectivity index (χ0) is 21.2. The van der Waals surface area contributed by atoms with E-state index in [1.54, 1.807) is 0 Å². The summed E-state index contributed by atoms with van der Waals surface area (Å²) in [7, 11) is 0. The van der Waals surface area contributed by atoms with E-state index >= 15 is 0 Å². The average molecular weight is 431 g/mol. The van der Waals surface area contributed by atoms with Crippen LogP contribution in [0.4, 0.5) is 23.2 Å². The highest BCUT2D eigenvalue weighted by atomic mass is 35.5. The van der Waals surface area contributed by atoms with Crippen LogP contribution in [0.15, 0.2) is 47.6 Å². The molecule has 29 heavy (non-hydrogen) atoms. The zero-order valence-electron chi connectivity index (χ0n) is 14.7. The van der Waals surface area contributed by atoms with E-state index in [0.717, 1.165) is 0 Å². The van der Waals surface area contributed by atoms with Gasteiger partial charge in [-0.1, -0.05) is 23.7 Å². The smallest absolute Gasteiger partial charge is 0.425 e. The van der Waals surface area contributed by atoms with Gasteiger partial charge in [-0.3, -0.25) is 4.79 Å². The Labute approximate surface area is 167 Å². The van der Waals surface area contributed by atoms with E-state index in [1.165, 1.54) is 42.6 Å². The summed E-state index contributed by atoms with van der Waals surface area (Å²) in [5.41, 5.74) is 3.91. The van der Waals surface area contributed by atoms with Crippen molar-refractivity contribution in [3.63, 3.8) is 0 Å². The molecule has 1 amide bonds. The van der Waals surface area contributed by atoms with Gasteiger partial charge in [0.25, 0.3) is 11.9 Å². The monoisotopic (exact) mass is 430 g/mol. The Morgan fingerprint density at radius 2 is 2.10 bits per heavy atom. The highest BCUT2D eigenvalue weighted by molar-refractivity contribution is 6.30. The minimum atomic E-state index is -4.74. The summed E-state index contributed by atoms with van der Waals surface area (Å²) in [5.74, 6) is -0.573. The zero-order valence-corrected chi connectivity index (χ0v) is 15.5. The highest BCUT2D eigenvalue weighted by Crippen LogP contribution is 2.41. The van der Waals surface area contributed by atoms with Gasteiger partial charge in [-0.05, 0) is 29.8 Å². The molecule has 0 fully saturated rings. The first kappa shape index (κ1) is 20.8. The van der Waals surface area contributed by atoms with Gasteiger partial charge in [0.05, 0.1) is 5.02 Å². The number of ether oxygens (including phenoxy) is 1. The van der Waals surface area contributed by atoms with Gasteiger partial charge in [-0.2, -0.15) is 13.2 Å². The minimum Gasteiger partial charge on any atom is -0.452 e. The Balaban J connectivity index is 1.89. The van der Waals surface area contributed by atoms with Crippen LogP contribution in [0.3, 0.4) is 0 Å². The number of pyridine rings is 1. The average Bonchev–Trinajstić information content (AvgIpc) is 2.67. The second-order valence-electron chi connectivity index (χ2n) is 6.36. The van der Waals surface area contributed by atoms with Crippen molar-refractivity contribution >= 4 is 29.2 Å². The first-order chi connectivity index (χ1) is 13.6. The van der Waals surface area contributed by atoms with Crippen LogP contribution in [0.5, 0.6) is 0 Å². The number of nitrogens with one attached hydrogen (secondary N) is 1. The van der Waals surface area contributed by atoms with E-state index in [-0.39, 0.29) is 16.9 Å². The summed E-state index contributed by atoms with van der Waals surface area (Å²) in [6.07, 6.45) is -6.54. The number of alkyl halides is 4. The number of halogens is 5. The lowest BCUT2D eigenvalue weighted by Gasteiger charge is -2.36. The van der Waals surface area contributed by atoms with E-state index in [1.807, 2.05) is 0 Å². The molecule has 154 valence electrons. The van der Waals surface area contributed by atoms with Crippen molar-refractivity contribution in [3.05, 3.63) is 58.9 Å². The Bertz CT molecular complexity index is 936. The standard InChI is InChI=1S/C18H15ClF4N4O2/c19-11-4-5-13(25-8-11)15(28)26-12-3-1-2-10(6-12)17(9-20)7-14(18(21,22)23)29-16(24)27-17/h1-6,8,14H,7,9H2,(H2,24,27)(H,26,28). The number of hydrogen-bond acceptors (Lipinski definition) is 5. The maximum absolute atomic E-state index is 14.0. The largest absolute Gasteiger partial charge is 0.452 e. The number of amides is 1. The second kappa shape index (κ2) is 7.86. The summed E-state index contributed by atoms with van der Waals surface area (Å²) in [5, 5.41) is 2.90. The molecule has 0 radical (unpaired) electrons. The third kappa shape index (κ3) is 4.58. The van der Waals surface area contributed by atoms with E-state index in [4.69, 9.17) is 17.3 Å². The predicted octanol–water partition coefficient (Wildman–Crippen LogP) is 3.82. The molecule has 1 aromatic heterocycles. The number of aromatic nitrogens is 1. The number of anilines is 1. The molecule has 1 aromatic carbocycles. The number of amidine groups is 1. The molecule has 1 aliphatic rings. The van der Waals surface area contributed by atoms with Crippen molar-refractivity contribution in [1.82, 2.24) is 4.98 Å². The third-order valence-corrected chi connectivity index (χ3v) is 4.54. The fourth-order valence-electron chi connectivity index (χ4n) is 2.90. The Morgan fingerprint density at radius 3 is 2.72 bits per heavy atom. The van der Waals surface area contributed by atoms with Crippen LogP contribution in [0.25, 0.3) is 0 Å². The van der Waals surface area contributed by atoms with Crippen molar-refractivity contribution in [2.75, 3.05) is 12.0 Å². The molecular weight excluding hydrogens is 416 g/mol. The molecule has 6 nitrogen and oxygen atoms in total. The van der Waals surface area contributed by atoms with Crippen LogP contribution in [0.1, 0.15) is 22.5 Å². The molecule has 0 bridgehead atoms. The van der Waals surface area contributed by atoms with Gasteiger partial charge < -0.3 is 15.8 Å². The number of nitrogens with zero attached hydrogens (tertiary/aromatic N) is 2. The maximum Gasteiger partial charge on any atom is 0.425 e. The molecule has 0 aliphatic carbocycles. The molecule has 2 atom stereocenters. The van der Waals surface area contributed by atoms with Crippen molar-refractivity contribution in [1.29, 1.82) is 0 Å². The molecule has 2 aromatic rings. The fraction of sp³-hybridized carbons (Fsp3) is 0.278. The van der Waals surface area contributed by atoms with Gasteiger partial charge in [-0.25, -0.2) is 14.4 Å². The number of nitrogens with two attached hydrogens (primary N) is 1. The summed E-state index contributed by atoms with van der Waals surface area (Å²) >= 11 is 5.73. The van der Waals surface area contributed by atoms with Crippen molar-refractivity contribution in [3.8, 4) is 0 Å². The minimum absolute atomic E-state index is 0.0745. The lowest BCUT2D eigenvalue weighted by atomic mass is 9.85. The van der Waals surface area contributed by atoms with Gasteiger partial charge in [0, 0.05) is 18.3 Å². The van der Waals surface area contributed by atoms with Crippen LogP contribution in [0, 0.1) is 0 Å². The number of rotatable bonds is 4. The quantitative estimate of drug-likeness (QED) is 0.722. The van der Waals surface area contributed by atoms with E-state index < -0.39 is 42.8 Å². The summed E-state index contributed by atoms with van der Waals surface area (Å²) < 4.78 is 57.9. The normalized spacial score (nSPS) is 21.8. The van der Waals surface area contributed by atoms with E-state index in [9.17, 15) is 22.4 Å². The van der Waals surface area contributed by atoms with E-state index in [2.05, 4.69) is 20.0 Å².